The van der Waals surface area contributed by atoms with Crippen molar-refractivity contribution in [1.29, 1.82) is 0 Å². The topological polar surface area (TPSA) is 77.0 Å². The maximum Gasteiger partial charge on any atom is 0.141 e. The van der Waals surface area contributed by atoms with Crippen LogP contribution in [-0.4, -0.2) is 33.0 Å². The van der Waals surface area contributed by atoms with Crippen LogP contribution < -0.4 is 5.73 Å². The second kappa shape index (κ2) is 4.14. The second-order valence-corrected chi connectivity index (χ2v) is 5.23. The van der Waals surface area contributed by atoms with Crippen LogP contribution >= 0.6 is 0 Å². The number of nitrogens with zero attached hydrogens (tertiary/aromatic N) is 3. The molecule has 0 aromatic carbocycles. The summed E-state index contributed by atoms with van der Waals surface area (Å²) in [5.41, 5.74) is 5.39. The molecule has 2 rings (SSSR count). The molecule has 2 heterocycles. The molecule has 0 saturated carbocycles. The molecular formula is C11H20N4O. The summed E-state index contributed by atoms with van der Waals surface area (Å²) in [6.45, 7) is 5.64. The Balaban J connectivity index is 2.33. The Hall–Kier alpha value is -0.940. The molecule has 1 aromatic heterocycles. The Morgan fingerprint density at radius 2 is 2.25 bits per heavy atom. The zero-order valence-corrected chi connectivity index (χ0v) is 9.98. The van der Waals surface area contributed by atoms with Crippen molar-refractivity contribution in [2.75, 3.05) is 13.2 Å². The molecule has 1 aromatic rings. The predicted molar refractivity (Wildman–Crippen MR) is 61.0 cm³/mol. The van der Waals surface area contributed by atoms with E-state index in [1.165, 1.54) is 0 Å². The number of aliphatic hydroxyl groups is 1. The highest BCUT2D eigenvalue weighted by Gasteiger charge is 2.30. The Labute approximate surface area is 95.7 Å². The summed E-state index contributed by atoms with van der Waals surface area (Å²) < 4.78 is 2.14. The maximum absolute atomic E-state index is 9.38. The maximum atomic E-state index is 9.38. The predicted octanol–water partition coefficient (Wildman–Crippen LogP) is 0.0691. The van der Waals surface area contributed by atoms with E-state index in [4.69, 9.17) is 5.73 Å². The fraction of sp³-hybridized carbons (Fsp3) is 0.818. The lowest BCUT2D eigenvalue weighted by molar-refractivity contribution is 0.204. The molecule has 16 heavy (non-hydrogen) atoms. The Bertz CT molecular complexity index is 372. The van der Waals surface area contributed by atoms with E-state index in [0.717, 1.165) is 31.0 Å². The van der Waals surface area contributed by atoms with Crippen LogP contribution in [0.4, 0.5) is 0 Å². The fourth-order valence-corrected chi connectivity index (χ4v) is 2.16. The van der Waals surface area contributed by atoms with Crippen molar-refractivity contribution >= 4 is 0 Å². The van der Waals surface area contributed by atoms with E-state index >= 15 is 0 Å². The van der Waals surface area contributed by atoms with Crippen molar-refractivity contribution in [3.8, 4) is 0 Å². The monoisotopic (exact) mass is 224 g/mol. The number of aryl methyl sites for hydroxylation is 1. The number of aliphatic hydroxyl groups excluding tert-OH is 1. The van der Waals surface area contributed by atoms with E-state index in [1.807, 2.05) is 13.8 Å². The quantitative estimate of drug-likeness (QED) is 0.761. The lowest BCUT2D eigenvalue weighted by Crippen LogP contribution is -2.32. The summed E-state index contributed by atoms with van der Waals surface area (Å²) in [6, 6.07) is 0. The number of fused-ring (bicyclic) bond motifs is 1. The molecule has 1 unspecified atom stereocenters. The molecule has 0 spiro atoms. The van der Waals surface area contributed by atoms with Gasteiger partial charge in [-0.1, -0.05) is 13.8 Å². The van der Waals surface area contributed by atoms with Crippen molar-refractivity contribution in [1.82, 2.24) is 14.8 Å². The van der Waals surface area contributed by atoms with E-state index in [9.17, 15) is 5.11 Å². The van der Waals surface area contributed by atoms with Crippen molar-refractivity contribution in [3.63, 3.8) is 0 Å². The molecule has 1 aliphatic heterocycles. The minimum atomic E-state index is -0.332. The second-order valence-electron chi connectivity index (χ2n) is 5.23. The van der Waals surface area contributed by atoms with Crippen molar-refractivity contribution < 1.29 is 5.11 Å². The molecule has 0 saturated heterocycles. The standard InChI is InChI=1S/C11H20N4O/c1-11(2,7-16)10-14-13-9-4-3-8(5-12)6-15(9)10/h8,16H,3-7,12H2,1-2H3. The molecule has 5 nitrogen and oxygen atoms in total. The number of rotatable bonds is 3. The molecule has 0 radical (unpaired) electrons. The van der Waals surface area contributed by atoms with Crippen molar-refractivity contribution in [2.45, 2.75) is 38.6 Å². The number of hydrogen-bond donors (Lipinski definition) is 2. The van der Waals surface area contributed by atoms with Gasteiger partial charge in [-0.25, -0.2) is 0 Å². The summed E-state index contributed by atoms with van der Waals surface area (Å²) in [5, 5.41) is 17.8. The largest absolute Gasteiger partial charge is 0.395 e. The molecule has 5 heteroatoms. The minimum Gasteiger partial charge on any atom is -0.395 e. The summed E-state index contributed by atoms with van der Waals surface area (Å²) in [7, 11) is 0. The molecule has 3 N–H and O–H groups in total. The van der Waals surface area contributed by atoms with Crippen LogP contribution in [0, 0.1) is 5.92 Å². The van der Waals surface area contributed by atoms with Crippen LogP contribution in [0.3, 0.4) is 0 Å². The number of hydrogen-bond acceptors (Lipinski definition) is 4. The van der Waals surface area contributed by atoms with Gasteiger partial charge in [0.25, 0.3) is 0 Å². The highest BCUT2D eigenvalue weighted by molar-refractivity contribution is 5.09. The van der Waals surface area contributed by atoms with Crippen LogP contribution in [0.2, 0.25) is 0 Å². The van der Waals surface area contributed by atoms with Gasteiger partial charge in [-0.05, 0) is 18.9 Å². The lowest BCUT2D eigenvalue weighted by Gasteiger charge is -2.27. The van der Waals surface area contributed by atoms with Gasteiger partial charge in [-0.15, -0.1) is 10.2 Å². The first-order chi connectivity index (χ1) is 7.58. The van der Waals surface area contributed by atoms with Gasteiger partial charge in [-0.2, -0.15) is 0 Å². The fourth-order valence-electron chi connectivity index (χ4n) is 2.16. The van der Waals surface area contributed by atoms with E-state index in [1.54, 1.807) is 0 Å². The summed E-state index contributed by atoms with van der Waals surface area (Å²) in [6.07, 6.45) is 2.03. The first-order valence-electron chi connectivity index (χ1n) is 5.82. The Kier molecular flexibility index (Phi) is 2.99. The third-order valence-corrected chi connectivity index (χ3v) is 3.38. The van der Waals surface area contributed by atoms with Gasteiger partial charge in [0.15, 0.2) is 0 Å². The average Bonchev–Trinajstić information content (AvgIpc) is 2.72. The molecule has 1 atom stereocenters. The van der Waals surface area contributed by atoms with Gasteiger partial charge in [0, 0.05) is 18.4 Å². The van der Waals surface area contributed by atoms with Gasteiger partial charge in [-0.3, -0.25) is 0 Å². The SMILES string of the molecule is CC(C)(CO)c1nnc2n1CC(CN)CC2. The first kappa shape index (κ1) is 11.5. The van der Waals surface area contributed by atoms with Crippen LogP contribution in [0.5, 0.6) is 0 Å². The third-order valence-electron chi connectivity index (χ3n) is 3.38. The van der Waals surface area contributed by atoms with Crippen LogP contribution in [-0.2, 0) is 18.4 Å². The van der Waals surface area contributed by atoms with Gasteiger partial charge in [0.05, 0.1) is 6.61 Å². The molecule has 1 aliphatic rings. The minimum absolute atomic E-state index is 0.0818. The van der Waals surface area contributed by atoms with Crippen LogP contribution in [0.25, 0.3) is 0 Å². The van der Waals surface area contributed by atoms with Gasteiger partial charge >= 0.3 is 0 Å². The zero-order valence-electron chi connectivity index (χ0n) is 9.98. The summed E-state index contributed by atoms with van der Waals surface area (Å²) in [4.78, 5) is 0. The van der Waals surface area contributed by atoms with E-state index < -0.39 is 0 Å². The zero-order chi connectivity index (χ0) is 11.8. The number of aromatic nitrogens is 3. The molecule has 0 amide bonds. The van der Waals surface area contributed by atoms with Gasteiger partial charge < -0.3 is 15.4 Å². The molecular weight excluding hydrogens is 204 g/mol. The van der Waals surface area contributed by atoms with Gasteiger partial charge in [0.1, 0.15) is 11.6 Å². The molecule has 90 valence electrons. The smallest absolute Gasteiger partial charge is 0.141 e. The summed E-state index contributed by atoms with van der Waals surface area (Å²) >= 11 is 0. The van der Waals surface area contributed by atoms with Crippen LogP contribution in [0.1, 0.15) is 31.9 Å². The Morgan fingerprint density at radius 1 is 1.50 bits per heavy atom. The van der Waals surface area contributed by atoms with Gasteiger partial charge in [0.2, 0.25) is 0 Å². The highest BCUT2D eigenvalue weighted by atomic mass is 16.3. The van der Waals surface area contributed by atoms with E-state index in [-0.39, 0.29) is 12.0 Å². The number of nitrogens with two attached hydrogens (primary N) is 1. The summed E-state index contributed by atoms with van der Waals surface area (Å²) in [5.74, 6) is 2.42. The van der Waals surface area contributed by atoms with Crippen molar-refractivity contribution in [3.05, 3.63) is 11.6 Å². The van der Waals surface area contributed by atoms with Crippen LogP contribution in [0.15, 0.2) is 0 Å². The molecule has 0 fully saturated rings. The molecule has 0 bridgehead atoms. The van der Waals surface area contributed by atoms with E-state index in [0.29, 0.717) is 12.5 Å². The first-order valence-corrected chi connectivity index (χ1v) is 5.82. The van der Waals surface area contributed by atoms with E-state index in [2.05, 4.69) is 14.8 Å². The lowest BCUT2D eigenvalue weighted by atomic mass is 9.92. The highest BCUT2D eigenvalue weighted by Crippen LogP contribution is 2.26. The third kappa shape index (κ3) is 1.85. The Morgan fingerprint density at radius 3 is 2.88 bits per heavy atom. The average molecular weight is 224 g/mol. The normalized spacial score (nSPS) is 20.9. The molecule has 0 aliphatic carbocycles. The van der Waals surface area contributed by atoms with Crippen molar-refractivity contribution in [2.24, 2.45) is 11.7 Å².